The van der Waals surface area contributed by atoms with Crippen LogP contribution in [0, 0.1) is 6.92 Å². The predicted molar refractivity (Wildman–Crippen MR) is 94.2 cm³/mol. The summed E-state index contributed by atoms with van der Waals surface area (Å²) in [5, 5.41) is 6.76. The second-order valence-electron chi connectivity index (χ2n) is 5.94. The lowest BCUT2D eigenvalue weighted by atomic mass is 10.1. The Kier molecular flexibility index (Phi) is 5.17. The molecule has 7 nitrogen and oxygen atoms in total. The minimum atomic E-state index is -0.629. The number of aryl methyl sites for hydroxylation is 1. The maximum atomic E-state index is 12.1. The molecule has 0 fully saturated rings. The van der Waals surface area contributed by atoms with Crippen molar-refractivity contribution >= 4 is 11.9 Å². The van der Waals surface area contributed by atoms with Gasteiger partial charge in [0.2, 0.25) is 0 Å². The highest BCUT2D eigenvalue weighted by Crippen LogP contribution is 2.18. The molecule has 0 radical (unpaired) electrons. The van der Waals surface area contributed by atoms with Crippen molar-refractivity contribution in [1.29, 1.82) is 0 Å². The van der Waals surface area contributed by atoms with E-state index in [-0.39, 0.29) is 18.2 Å². The molecule has 1 N–H and O–H groups in total. The van der Waals surface area contributed by atoms with Crippen LogP contribution in [-0.2, 0) is 16.1 Å². The normalized spacial score (nSPS) is 10.5. The number of likely N-dealkylation sites (N-methyl/N-ethyl adjacent to an activating group) is 1. The average molecular weight is 353 g/mol. The van der Waals surface area contributed by atoms with Crippen molar-refractivity contribution < 1.29 is 18.7 Å². The van der Waals surface area contributed by atoms with E-state index in [9.17, 15) is 9.59 Å². The monoisotopic (exact) mass is 353 g/mol. The van der Waals surface area contributed by atoms with Crippen LogP contribution < -0.4 is 0 Å². The predicted octanol–water partition coefficient (Wildman–Crippen LogP) is 2.79. The summed E-state index contributed by atoms with van der Waals surface area (Å²) in [5.41, 5.74) is 2.86. The molecule has 3 rings (SSSR count). The van der Waals surface area contributed by atoms with Gasteiger partial charge in [-0.1, -0.05) is 29.8 Å². The van der Waals surface area contributed by atoms with Crippen molar-refractivity contribution in [1.82, 2.24) is 15.1 Å². The van der Waals surface area contributed by atoms with E-state index in [0.717, 1.165) is 11.1 Å². The van der Waals surface area contributed by atoms with Gasteiger partial charge < -0.3 is 14.1 Å². The molecule has 0 saturated carbocycles. The van der Waals surface area contributed by atoms with Crippen LogP contribution in [0.25, 0.3) is 11.3 Å². The summed E-state index contributed by atoms with van der Waals surface area (Å²) >= 11 is 0. The molecule has 0 aliphatic carbocycles. The molecule has 3 aromatic rings. The number of H-pyrrole nitrogens is 1. The number of furan rings is 1. The molecule has 2 aromatic heterocycles. The number of nitrogens with one attached hydrogen (secondary N) is 1. The number of esters is 1. The minimum absolute atomic E-state index is 0.196. The van der Waals surface area contributed by atoms with Gasteiger partial charge in [0.25, 0.3) is 5.91 Å². The first-order valence-electron chi connectivity index (χ1n) is 8.09. The number of nitrogens with zero attached hydrogens (tertiary/aromatic N) is 2. The molecule has 0 saturated heterocycles. The summed E-state index contributed by atoms with van der Waals surface area (Å²) in [4.78, 5) is 25.6. The third kappa shape index (κ3) is 4.18. The maximum Gasteiger partial charge on any atom is 0.356 e. The highest BCUT2D eigenvalue weighted by atomic mass is 16.5. The van der Waals surface area contributed by atoms with E-state index in [1.54, 1.807) is 25.2 Å². The molecular formula is C19H19N3O4. The molecule has 0 aliphatic heterocycles. The maximum absolute atomic E-state index is 12.1. The van der Waals surface area contributed by atoms with E-state index >= 15 is 0 Å². The Morgan fingerprint density at radius 1 is 1.23 bits per heavy atom. The highest BCUT2D eigenvalue weighted by Gasteiger charge is 2.16. The molecule has 0 bridgehead atoms. The number of benzene rings is 1. The zero-order valence-corrected chi connectivity index (χ0v) is 14.6. The molecule has 0 unspecified atom stereocenters. The Morgan fingerprint density at radius 2 is 2.00 bits per heavy atom. The van der Waals surface area contributed by atoms with Gasteiger partial charge in [-0.05, 0) is 25.1 Å². The van der Waals surface area contributed by atoms with E-state index in [1.807, 2.05) is 31.2 Å². The summed E-state index contributed by atoms with van der Waals surface area (Å²) < 4.78 is 10.3. The van der Waals surface area contributed by atoms with E-state index < -0.39 is 5.97 Å². The molecule has 7 heteroatoms. The second-order valence-corrected chi connectivity index (χ2v) is 5.94. The first-order chi connectivity index (χ1) is 12.5. The Hall–Kier alpha value is -3.35. The van der Waals surface area contributed by atoms with Gasteiger partial charge in [-0.25, -0.2) is 4.79 Å². The van der Waals surface area contributed by atoms with Crippen LogP contribution >= 0.6 is 0 Å². The van der Waals surface area contributed by atoms with E-state index in [0.29, 0.717) is 18.0 Å². The first kappa shape index (κ1) is 17.5. The van der Waals surface area contributed by atoms with Gasteiger partial charge in [0.15, 0.2) is 6.61 Å². The van der Waals surface area contributed by atoms with Gasteiger partial charge >= 0.3 is 5.97 Å². The van der Waals surface area contributed by atoms with E-state index in [1.165, 1.54) is 11.2 Å². The molecule has 2 heterocycles. The van der Waals surface area contributed by atoms with Crippen LogP contribution in [0.15, 0.2) is 53.1 Å². The SMILES string of the molecule is Cc1ccc(-c2cc(C(=O)OCC(=O)N(C)Cc3ccco3)[nH]n2)cc1. The van der Waals surface area contributed by atoms with Crippen LogP contribution in [0.2, 0.25) is 0 Å². The van der Waals surface area contributed by atoms with Crippen molar-refractivity contribution in [2.75, 3.05) is 13.7 Å². The van der Waals surface area contributed by atoms with Gasteiger partial charge in [-0.3, -0.25) is 9.89 Å². The number of amides is 1. The van der Waals surface area contributed by atoms with Crippen molar-refractivity contribution in [3.63, 3.8) is 0 Å². The van der Waals surface area contributed by atoms with Crippen LogP contribution in [0.4, 0.5) is 0 Å². The standard InChI is InChI=1S/C19H19N3O4/c1-13-5-7-14(8-6-13)16-10-17(21-20-16)19(24)26-12-18(23)22(2)11-15-4-3-9-25-15/h3-10H,11-12H2,1-2H3,(H,20,21). The second kappa shape index (κ2) is 7.69. The molecule has 0 atom stereocenters. The third-order valence-electron chi connectivity index (χ3n) is 3.87. The Morgan fingerprint density at radius 3 is 2.69 bits per heavy atom. The summed E-state index contributed by atoms with van der Waals surface area (Å²) in [6.45, 7) is 1.96. The Balaban J connectivity index is 1.55. The molecule has 134 valence electrons. The summed E-state index contributed by atoms with van der Waals surface area (Å²) in [6.07, 6.45) is 1.54. The zero-order chi connectivity index (χ0) is 18.5. The molecule has 0 spiro atoms. The molecule has 1 aromatic carbocycles. The lowest BCUT2D eigenvalue weighted by Gasteiger charge is -2.15. The lowest BCUT2D eigenvalue weighted by Crippen LogP contribution is -2.30. The first-order valence-corrected chi connectivity index (χ1v) is 8.09. The smallest absolute Gasteiger partial charge is 0.356 e. The van der Waals surface area contributed by atoms with Gasteiger partial charge in [0.1, 0.15) is 11.5 Å². The topological polar surface area (TPSA) is 88.4 Å². The molecule has 1 amide bonds. The highest BCUT2D eigenvalue weighted by molar-refractivity contribution is 5.90. The van der Waals surface area contributed by atoms with Crippen LogP contribution in [-0.4, -0.2) is 40.6 Å². The minimum Gasteiger partial charge on any atom is -0.467 e. The zero-order valence-electron chi connectivity index (χ0n) is 14.6. The van der Waals surface area contributed by atoms with Crippen molar-refractivity contribution in [3.05, 3.63) is 65.7 Å². The number of carbonyl (C=O) groups is 2. The Bertz CT molecular complexity index is 882. The number of ether oxygens (including phenoxy) is 1. The molecule has 26 heavy (non-hydrogen) atoms. The number of rotatable bonds is 6. The number of aromatic amines is 1. The fraction of sp³-hybridized carbons (Fsp3) is 0.211. The Labute approximate surface area is 150 Å². The fourth-order valence-electron chi connectivity index (χ4n) is 2.34. The number of hydrogen-bond donors (Lipinski definition) is 1. The number of hydrogen-bond acceptors (Lipinski definition) is 5. The lowest BCUT2D eigenvalue weighted by molar-refractivity contribution is -0.134. The quantitative estimate of drug-likeness (QED) is 0.689. The van der Waals surface area contributed by atoms with Crippen LogP contribution in [0.5, 0.6) is 0 Å². The third-order valence-corrected chi connectivity index (χ3v) is 3.87. The van der Waals surface area contributed by atoms with E-state index in [2.05, 4.69) is 10.2 Å². The fourth-order valence-corrected chi connectivity index (χ4v) is 2.34. The average Bonchev–Trinajstić information content (AvgIpc) is 3.32. The molecule has 0 aliphatic rings. The summed E-state index contributed by atoms with van der Waals surface area (Å²) in [6, 6.07) is 12.9. The van der Waals surface area contributed by atoms with Crippen LogP contribution in [0.3, 0.4) is 0 Å². The number of carbonyl (C=O) groups excluding carboxylic acids is 2. The molecular weight excluding hydrogens is 334 g/mol. The van der Waals surface area contributed by atoms with Crippen molar-refractivity contribution in [2.45, 2.75) is 13.5 Å². The van der Waals surface area contributed by atoms with Gasteiger partial charge in [0, 0.05) is 12.6 Å². The van der Waals surface area contributed by atoms with Crippen molar-refractivity contribution in [2.24, 2.45) is 0 Å². The number of aromatic nitrogens is 2. The van der Waals surface area contributed by atoms with Crippen LogP contribution in [0.1, 0.15) is 21.8 Å². The van der Waals surface area contributed by atoms with Gasteiger partial charge in [0.05, 0.1) is 18.5 Å². The van der Waals surface area contributed by atoms with E-state index in [4.69, 9.17) is 9.15 Å². The summed E-state index contributed by atoms with van der Waals surface area (Å²) in [7, 11) is 1.62. The van der Waals surface area contributed by atoms with Gasteiger partial charge in [-0.15, -0.1) is 0 Å². The largest absolute Gasteiger partial charge is 0.467 e. The summed E-state index contributed by atoms with van der Waals surface area (Å²) in [5.74, 6) is -0.299. The van der Waals surface area contributed by atoms with Gasteiger partial charge in [-0.2, -0.15) is 5.10 Å². The van der Waals surface area contributed by atoms with Crippen molar-refractivity contribution in [3.8, 4) is 11.3 Å².